The number of pyridine rings is 1. The SMILES string of the molecule is CCc1cccc2cc(O)cc(-c3ncc4c(N5CC6CCC(C5)N6C)nc(OCCN5CCC(CC6CCN(c7cccc8c7CN(C7CCC(=O)NC7=O)C8=O)CC6)CC5)nc4c3F)c12. The first-order valence-electron chi connectivity index (χ1n) is 24.5. The van der Waals surface area contributed by atoms with Gasteiger partial charge in [0.15, 0.2) is 5.82 Å². The summed E-state index contributed by atoms with van der Waals surface area (Å²) >= 11 is 0. The van der Waals surface area contributed by atoms with Crippen LogP contribution in [0.2, 0.25) is 0 Å². The molecule has 6 aliphatic rings. The number of halogens is 1. The van der Waals surface area contributed by atoms with Crippen LogP contribution < -0.4 is 19.9 Å². The van der Waals surface area contributed by atoms with Crippen LogP contribution in [0.3, 0.4) is 0 Å². The Kier molecular flexibility index (Phi) is 11.7. The Morgan fingerprint density at radius 1 is 0.866 bits per heavy atom. The zero-order valence-corrected chi connectivity index (χ0v) is 38.6. The Bertz CT molecular complexity index is 2740. The molecule has 0 saturated carbocycles. The number of ether oxygens (including phenoxy) is 1. The quantitative estimate of drug-likeness (QED) is 0.136. The van der Waals surface area contributed by atoms with Gasteiger partial charge in [-0.15, -0.1) is 0 Å². The summed E-state index contributed by atoms with van der Waals surface area (Å²) < 4.78 is 23.5. The topological polar surface area (TPSA) is 148 Å². The summed E-state index contributed by atoms with van der Waals surface area (Å²) in [5, 5.41) is 15.4. The Balaban J connectivity index is 0.727. The number of likely N-dealkylation sites (N-methyl/N-ethyl adjacent to an activating group) is 1. The lowest BCUT2D eigenvalue weighted by atomic mass is 9.82. The van der Waals surface area contributed by atoms with Gasteiger partial charge in [-0.25, -0.2) is 4.39 Å². The van der Waals surface area contributed by atoms with Crippen LogP contribution in [0.15, 0.2) is 54.7 Å². The number of hydrogen-bond acceptors (Lipinski definition) is 12. The van der Waals surface area contributed by atoms with Crippen LogP contribution in [0.4, 0.5) is 15.9 Å². The van der Waals surface area contributed by atoms with E-state index in [-0.39, 0.29) is 47.1 Å². The smallest absolute Gasteiger partial charge is 0.319 e. The summed E-state index contributed by atoms with van der Waals surface area (Å²) in [5.74, 6) is 0.695. The fourth-order valence-electron chi connectivity index (χ4n) is 12.2. The largest absolute Gasteiger partial charge is 0.508 e. The summed E-state index contributed by atoms with van der Waals surface area (Å²) in [5.41, 5.74) is 4.65. The number of piperidine rings is 3. The lowest BCUT2D eigenvalue weighted by Crippen LogP contribution is -2.52. The number of imide groups is 1. The maximum absolute atomic E-state index is 17.1. The molecular formula is C52H60FN9O5. The molecule has 3 amide bonds. The zero-order valence-electron chi connectivity index (χ0n) is 38.6. The molecule has 2 bridgehead atoms. The first-order chi connectivity index (χ1) is 32.6. The molecule has 5 aromatic rings. The molecule has 3 atom stereocenters. The highest BCUT2D eigenvalue weighted by Gasteiger charge is 2.41. The molecule has 3 aromatic carbocycles. The maximum Gasteiger partial charge on any atom is 0.319 e. The molecule has 11 rings (SSSR count). The average molecular weight is 910 g/mol. The number of nitrogens with one attached hydrogen (secondary N) is 1. The predicted octanol–water partition coefficient (Wildman–Crippen LogP) is 6.69. The van der Waals surface area contributed by atoms with Crippen LogP contribution in [-0.4, -0.2) is 130 Å². The number of phenolic OH excluding ortho intramolecular Hbond substituents is 1. The minimum absolute atomic E-state index is 0.0533. The molecule has 0 radical (unpaired) electrons. The van der Waals surface area contributed by atoms with Gasteiger partial charge in [-0.3, -0.25) is 34.5 Å². The van der Waals surface area contributed by atoms with E-state index in [0.29, 0.717) is 65.8 Å². The van der Waals surface area contributed by atoms with E-state index in [1.807, 2.05) is 30.3 Å². The van der Waals surface area contributed by atoms with Crippen LogP contribution >= 0.6 is 0 Å². The third-order valence-corrected chi connectivity index (χ3v) is 16.0. The Hall–Kier alpha value is -5.93. The lowest BCUT2D eigenvalue weighted by Gasteiger charge is -2.39. The van der Waals surface area contributed by atoms with Crippen molar-refractivity contribution in [2.75, 3.05) is 69.3 Å². The van der Waals surface area contributed by atoms with Crippen molar-refractivity contribution < 1.29 is 28.6 Å². The number of phenols is 1. The van der Waals surface area contributed by atoms with Crippen LogP contribution in [-0.2, 0) is 22.6 Å². The van der Waals surface area contributed by atoms with Gasteiger partial charge in [0.2, 0.25) is 11.8 Å². The van der Waals surface area contributed by atoms with E-state index in [2.05, 4.69) is 45.0 Å². The standard InChI is InChI=1S/C52H60FN9O5/c1-3-33-6-4-7-34-25-37(63)26-39(45(33)34)47-46(53)48-40(27-54-47)49(61-28-35-10-11-36(29-61)58(35)2)57-52(56-48)67-23-22-59-18-14-31(15-19-59)24-32-16-20-60(21-17-32)42-9-5-8-38-41(42)30-62(51(38)66)43-12-13-44(64)55-50(43)65/h4-9,25-27,31-32,35-36,43,63H,3,10-24,28-30H2,1-2H3,(H,55,64,65). The van der Waals surface area contributed by atoms with E-state index in [1.165, 1.54) is 6.42 Å². The highest BCUT2D eigenvalue weighted by Crippen LogP contribution is 2.41. The average Bonchev–Trinajstić information content (AvgIpc) is 3.75. The van der Waals surface area contributed by atoms with Crippen LogP contribution in [0.5, 0.6) is 11.8 Å². The number of carbonyl (C=O) groups excluding carboxylic acids is 3. The number of rotatable bonds is 11. The van der Waals surface area contributed by atoms with Crippen LogP contribution in [0.25, 0.3) is 32.9 Å². The number of aromatic hydroxyl groups is 1. The maximum atomic E-state index is 17.1. The van der Waals surface area contributed by atoms with Crippen molar-refractivity contribution in [3.05, 3.63) is 77.2 Å². The Labute approximate surface area is 390 Å². The molecule has 8 heterocycles. The molecule has 15 heteroatoms. The third kappa shape index (κ3) is 8.21. The summed E-state index contributed by atoms with van der Waals surface area (Å²) in [4.78, 5) is 63.5. The lowest BCUT2D eigenvalue weighted by molar-refractivity contribution is -0.136. The number of likely N-dealkylation sites (tertiary alicyclic amines) is 1. The number of fused-ring (bicyclic) bond motifs is 5. The number of aromatic nitrogens is 3. The van der Waals surface area contributed by atoms with Gasteiger partial charge in [0.05, 0.1) is 5.39 Å². The van der Waals surface area contributed by atoms with Crippen LogP contribution in [0, 0.1) is 17.7 Å². The summed E-state index contributed by atoms with van der Waals surface area (Å²) in [6.45, 7) is 9.02. The minimum Gasteiger partial charge on any atom is -0.508 e. The van der Waals surface area contributed by atoms with Crippen molar-refractivity contribution in [1.29, 1.82) is 0 Å². The number of nitrogens with zero attached hydrogens (tertiary/aromatic N) is 8. The van der Waals surface area contributed by atoms with Crippen molar-refractivity contribution >= 4 is 50.9 Å². The van der Waals surface area contributed by atoms with Gasteiger partial charge in [0.1, 0.15) is 35.4 Å². The first-order valence-corrected chi connectivity index (χ1v) is 24.5. The summed E-state index contributed by atoms with van der Waals surface area (Å²) in [6, 6.07) is 15.5. The molecule has 2 aromatic heterocycles. The Morgan fingerprint density at radius 3 is 2.36 bits per heavy atom. The zero-order chi connectivity index (χ0) is 45.9. The highest BCUT2D eigenvalue weighted by atomic mass is 19.1. The van der Waals surface area contributed by atoms with Crippen LogP contribution in [0.1, 0.15) is 86.2 Å². The number of hydrogen-bond donors (Lipinski definition) is 2. The van der Waals surface area contributed by atoms with Gasteiger partial charge >= 0.3 is 6.01 Å². The van der Waals surface area contributed by atoms with Crippen molar-refractivity contribution in [2.45, 2.75) is 95.8 Å². The molecule has 2 N–H and O–H groups in total. The number of anilines is 2. The molecule has 3 unspecified atom stereocenters. The number of amides is 3. The molecule has 6 aliphatic heterocycles. The second-order valence-electron chi connectivity index (χ2n) is 19.8. The molecule has 67 heavy (non-hydrogen) atoms. The second kappa shape index (κ2) is 17.9. The van der Waals surface area contributed by atoms with Gasteiger partial charge in [0, 0.05) is 86.3 Å². The normalized spacial score (nSPS) is 23.2. The number of carbonyl (C=O) groups is 3. The van der Waals surface area contributed by atoms with Crippen molar-refractivity contribution in [2.24, 2.45) is 11.8 Å². The molecule has 0 aliphatic carbocycles. The van der Waals surface area contributed by atoms with Gasteiger partial charge in [0.25, 0.3) is 5.91 Å². The van der Waals surface area contributed by atoms with Gasteiger partial charge in [-0.1, -0.05) is 31.2 Å². The number of piperazine rings is 1. The number of benzene rings is 3. The van der Waals surface area contributed by atoms with Gasteiger partial charge in [-0.05, 0) is 130 Å². The van der Waals surface area contributed by atoms with E-state index < -0.39 is 11.9 Å². The molecule has 350 valence electrons. The van der Waals surface area contributed by atoms with Crippen molar-refractivity contribution in [3.63, 3.8) is 0 Å². The molecule has 5 fully saturated rings. The fourth-order valence-corrected chi connectivity index (χ4v) is 12.2. The second-order valence-corrected chi connectivity index (χ2v) is 19.8. The molecular weight excluding hydrogens is 850 g/mol. The Morgan fingerprint density at radius 2 is 1.61 bits per heavy atom. The van der Waals surface area contributed by atoms with Crippen molar-refractivity contribution in [1.82, 2.24) is 35.0 Å². The summed E-state index contributed by atoms with van der Waals surface area (Å²) in [6.07, 6.45) is 11.0. The molecule has 14 nitrogen and oxygen atoms in total. The molecule has 5 saturated heterocycles. The third-order valence-electron chi connectivity index (χ3n) is 16.0. The van der Waals surface area contributed by atoms with Gasteiger partial charge in [-0.2, -0.15) is 9.97 Å². The number of aryl methyl sites for hydroxylation is 1. The highest BCUT2D eigenvalue weighted by molar-refractivity contribution is 6.06. The predicted molar refractivity (Wildman–Crippen MR) is 255 cm³/mol. The summed E-state index contributed by atoms with van der Waals surface area (Å²) in [7, 11) is 2.20. The minimum atomic E-state index is -0.614. The van der Waals surface area contributed by atoms with Gasteiger partial charge < -0.3 is 24.5 Å². The monoisotopic (exact) mass is 909 g/mol. The fraction of sp³-hybridized carbons (Fsp3) is 0.500. The van der Waals surface area contributed by atoms with E-state index >= 15 is 4.39 Å². The van der Waals surface area contributed by atoms with E-state index in [9.17, 15) is 19.5 Å². The van der Waals surface area contributed by atoms with E-state index in [1.54, 1.807) is 23.2 Å². The van der Waals surface area contributed by atoms with Crippen molar-refractivity contribution in [3.8, 4) is 23.0 Å². The molecule has 0 spiro atoms. The first kappa shape index (κ1) is 43.6. The van der Waals surface area contributed by atoms with E-state index in [4.69, 9.17) is 19.7 Å². The van der Waals surface area contributed by atoms with E-state index in [0.717, 1.165) is 118 Å².